The number of hydrogen-bond acceptors (Lipinski definition) is 2. The van der Waals surface area contributed by atoms with Crippen LogP contribution in [0.1, 0.15) is 10.4 Å². The SMILES string of the molecule is O=C(Nc1cccc(F)n1)c1cccc2ccccc12. The van der Waals surface area contributed by atoms with E-state index in [9.17, 15) is 9.18 Å². The van der Waals surface area contributed by atoms with E-state index in [4.69, 9.17) is 0 Å². The number of nitrogens with one attached hydrogen (secondary N) is 1. The van der Waals surface area contributed by atoms with Crippen LogP contribution in [0.15, 0.2) is 60.7 Å². The maximum absolute atomic E-state index is 13.0. The van der Waals surface area contributed by atoms with E-state index < -0.39 is 5.95 Å². The number of aromatic nitrogens is 1. The van der Waals surface area contributed by atoms with E-state index >= 15 is 0 Å². The van der Waals surface area contributed by atoms with Gasteiger partial charge >= 0.3 is 0 Å². The average molecular weight is 266 g/mol. The van der Waals surface area contributed by atoms with E-state index in [-0.39, 0.29) is 11.7 Å². The van der Waals surface area contributed by atoms with Crippen LogP contribution in [0.4, 0.5) is 10.2 Å². The van der Waals surface area contributed by atoms with Crippen LogP contribution in [0.25, 0.3) is 10.8 Å². The summed E-state index contributed by atoms with van der Waals surface area (Å²) in [6.07, 6.45) is 0. The smallest absolute Gasteiger partial charge is 0.257 e. The van der Waals surface area contributed by atoms with Crippen molar-refractivity contribution in [2.75, 3.05) is 5.32 Å². The van der Waals surface area contributed by atoms with Crippen molar-refractivity contribution in [2.45, 2.75) is 0 Å². The molecule has 1 heterocycles. The van der Waals surface area contributed by atoms with Gasteiger partial charge in [-0.3, -0.25) is 4.79 Å². The summed E-state index contributed by atoms with van der Waals surface area (Å²) in [5.74, 6) is -0.733. The maximum atomic E-state index is 13.0. The fourth-order valence-corrected chi connectivity index (χ4v) is 2.08. The van der Waals surface area contributed by atoms with Gasteiger partial charge in [0.25, 0.3) is 5.91 Å². The minimum absolute atomic E-state index is 0.197. The molecular formula is C16H11FN2O. The Bertz CT molecular complexity index is 781. The lowest BCUT2D eigenvalue weighted by atomic mass is 10.0. The zero-order chi connectivity index (χ0) is 13.9. The number of rotatable bonds is 2. The standard InChI is InChI=1S/C16H11FN2O/c17-14-9-4-10-15(18-14)19-16(20)13-8-3-6-11-5-1-2-7-12(11)13/h1-10H,(H,18,19,20). The molecule has 98 valence electrons. The molecule has 0 fully saturated rings. The third-order valence-electron chi connectivity index (χ3n) is 2.99. The normalized spacial score (nSPS) is 10.4. The molecule has 20 heavy (non-hydrogen) atoms. The van der Waals surface area contributed by atoms with Gasteiger partial charge in [-0.15, -0.1) is 0 Å². The van der Waals surface area contributed by atoms with Crippen LogP contribution < -0.4 is 5.32 Å². The second-order valence-corrected chi connectivity index (χ2v) is 4.33. The molecule has 4 heteroatoms. The summed E-state index contributed by atoms with van der Waals surface area (Å²) < 4.78 is 13.0. The number of amides is 1. The van der Waals surface area contributed by atoms with Gasteiger partial charge in [-0.25, -0.2) is 4.98 Å². The van der Waals surface area contributed by atoms with Gasteiger partial charge in [-0.2, -0.15) is 4.39 Å². The van der Waals surface area contributed by atoms with Crippen molar-refractivity contribution in [2.24, 2.45) is 0 Å². The predicted molar refractivity (Wildman–Crippen MR) is 76.1 cm³/mol. The average Bonchev–Trinajstić information content (AvgIpc) is 2.46. The number of benzene rings is 2. The molecule has 0 aliphatic heterocycles. The highest BCUT2D eigenvalue weighted by atomic mass is 19.1. The minimum Gasteiger partial charge on any atom is -0.306 e. The summed E-state index contributed by atoms with van der Waals surface area (Å²) in [6.45, 7) is 0. The Kier molecular flexibility index (Phi) is 3.13. The van der Waals surface area contributed by atoms with Crippen molar-refractivity contribution in [3.63, 3.8) is 0 Å². The van der Waals surface area contributed by atoms with Crippen LogP contribution in [-0.4, -0.2) is 10.9 Å². The predicted octanol–water partition coefficient (Wildman–Crippen LogP) is 3.63. The van der Waals surface area contributed by atoms with Gasteiger partial charge in [0.15, 0.2) is 0 Å². The summed E-state index contributed by atoms with van der Waals surface area (Å²) in [6, 6.07) is 17.4. The highest BCUT2D eigenvalue weighted by Gasteiger charge is 2.10. The van der Waals surface area contributed by atoms with Crippen molar-refractivity contribution in [3.05, 3.63) is 72.2 Å². The van der Waals surface area contributed by atoms with Crippen molar-refractivity contribution in [1.29, 1.82) is 0 Å². The van der Waals surface area contributed by atoms with Crippen LogP contribution in [0, 0.1) is 5.95 Å². The molecule has 0 saturated carbocycles. The van der Waals surface area contributed by atoms with Crippen LogP contribution in [0.5, 0.6) is 0 Å². The lowest BCUT2D eigenvalue weighted by molar-refractivity contribution is 0.102. The topological polar surface area (TPSA) is 42.0 Å². The summed E-state index contributed by atoms with van der Waals surface area (Å²) in [4.78, 5) is 15.9. The lowest BCUT2D eigenvalue weighted by Gasteiger charge is -2.07. The summed E-state index contributed by atoms with van der Waals surface area (Å²) in [7, 11) is 0. The number of hydrogen-bond donors (Lipinski definition) is 1. The van der Waals surface area contributed by atoms with E-state index in [0.29, 0.717) is 5.56 Å². The molecule has 3 nitrogen and oxygen atoms in total. The van der Waals surface area contributed by atoms with Gasteiger partial charge in [-0.05, 0) is 29.0 Å². The van der Waals surface area contributed by atoms with Crippen molar-refractivity contribution >= 4 is 22.5 Å². The van der Waals surface area contributed by atoms with Gasteiger partial charge < -0.3 is 5.32 Å². The Morgan fingerprint density at radius 1 is 0.950 bits per heavy atom. The van der Waals surface area contributed by atoms with E-state index in [2.05, 4.69) is 10.3 Å². The molecule has 0 radical (unpaired) electrons. The third-order valence-corrected chi connectivity index (χ3v) is 2.99. The second kappa shape index (κ2) is 5.09. The number of carbonyl (C=O) groups excluding carboxylic acids is 1. The molecule has 3 rings (SSSR count). The molecule has 3 aromatic rings. The van der Waals surface area contributed by atoms with Gasteiger partial charge in [0.1, 0.15) is 5.82 Å². The first kappa shape index (κ1) is 12.3. The third kappa shape index (κ3) is 2.36. The number of fused-ring (bicyclic) bond motifs is 1. The Morgan fingerprint density at radius 3 is 2.55 bits per heavy atom. The molecule has 0 saturated heterocycles. The molecule has 0 aliphatic rings. The van der Waals surface area contributed by atoms with Gasteiger partial charge in [0.05, 0.1) is 0 Å². The molecule has 0 spiro atoms. The molecule has 0 aliphatic carbocycles. The molecule has 1 amide bonds. The highest BCUT2D eigenvalue weighted by Crippen LogP contribution is 2.19. The van der Waals surface area contributed by atoms with E-state index in [1.54, 1.807) is 12.1 Å². The first-order chi connectivity index (χ1) is 9.74. The van der Waals surface area contributed by atoms with Gasteiger partial charge in [0, 0.05) is 5.56 Å². The Labute approximate surface area is 115 Å². The van der Waals surface area contributed by atoms with Crippen LogP contribution >= 0.6 is 0 Å². The molecule has 0 unspecified atom stereocenters. The zero-order valence-electron chi connectivity index (χ0n) is 10.5. The van der Waals surface area contributed by atoms with E-state index in [0.717, 1.165) is 10.8 Å². The van der Waals surface area contributed by atoms with Crippen LogP contribution in [-0.2, 0) is 0 Å². The number of carbonyl (C=O) groups is 1. The number of nitrogens with zero attached hydrogens (tertiary/aromatic N) is 1. The summed E-state index contributed by atoms with van der Waals surface area (Å²) in [5.41, 5.74) is 0.536. The summed E-state index contributed by atoms with van der Waals surface area (Å²) in [5, 5.41) is 4.43. The molecular weight excluding hydrogens is 255 g/mol. The summed E-state index contributed by atoms with van der Waals surface area (Å²) >= 11 is 0. The molecule has 0 atom stereocenters. The number of pyridine rings is 1. The maximum Gasteiger partial charge on any atom is 0.257 e. The molecule has 2 aromatic carbocycles. The zero-order valence-corrected chi connectivity index (χ0v) is 10.5. The molecule has 1 aromatic heterocycles. The Hall–Kier alpha value is -2.75. The van der Waals surface area contributed by atoms with Crippen molar-refractivity contribution in [3.8, 4) is 0 Å². The first-order valence-electron chi connectivity index (χ1n) is 6.16. The monoisotopic (exact) mass is 266 g/mol. The highest BCUT2D eigenvalue weighted by molar-refractivity contribution is 6.12. The van der Waals surface area contributed by atoms with Crippen molar-refractivity contribution in [1.82, 2.24) is 4.98 Å². The minimum atomic E-state index is -0.624. The van der Waals surface area contributed by atoms with Crippen LogP contribution in [0.2, 0.25) is 0 Å². The fraction of sp³-hybridized carbons (Fsp3) is 0. The van der Waals surface area contributed by atoms with Crippen molar-refractivity contribution < 1.29 is 9.18 Å². The lowest BCUT2D eigenvalue weighted by Crippen LogP contribution is -2.13. The number of anilines is 1. The molecule has 1 N–H and O–H groups in total. The van der Waals surface area contributed by atoms with E-state index in [1.807, 2.05) is 36.4 Å². The second-order valence-electron chi connectivity index (χ2n) is 4.33. The Morgan fingerprint density at radius 2 is 1.70 bits per heavy atom. The van der Waals surface area contributed by atoms with Gasteiger partial charge in [-0.1, -0.05) is 42.5 Å². The quantitative estimate of drug-likeness (QED) is 0.720. The molecule has 0 bridgehead atoms. The fourth-order valence-electron chi connectivity index (χ4n) is 2.08. The van der Waals surface area contributed by atoms with Crippen LogP contribution in [0.3, 0.4) is 0 Å². The first-order valence-corrected chi connectivity index (χ1v) is 6.16. The van der Waals surface area contributed by atoms with Gasteiger partial charge in [0.2, 0.25) is 5.95 Å². The Balaban J connectivity index is 1.97. The van der Waals surface area contributed by atoms with E-state index in [1.165, 1.54) is 12.1 Å². The largest absolute Gasteiger partial charge is 0.306 e. The number of halogens is 1.